The van der Waals surface area contributed by atoms with E-state index in [0.717, 1.165) is 28.9 Å². The van der Waals surface area contributed by atoms with Gasteiger partial charge in [0.2, 0.25) is 0 Å². The molecule has 0 aromatic carbocycles. The van der Waals surface area contributed by atoms with Gasteiger partial charge in [-0.3, -0.25) is 4.68 Å². The molecule has 0 saturated heterocycles. The van der Waals surface area contributed by atoms with Crippen molar-refractivity contribution < 1.29 is 0 Å². The Kier molecular flexibility index (Phi) is 7.80. The van der Waals surface area contributed by atoms with Crippen molar-refractivity contribution in [2.75, 3.05) is 6.54 Å². The first kappa shape index (κ1) is 18.9. The molecule has 2 aromatic rings. The maximum atomic E-state index is 4.57. The van der Waals surface area contributed by atoms with Crippen molar-refractivity contribution in [2.24, 2.45) is 12.0 Å². The predicted octanol–water partition coefficient (Wildman–Crippen LogP) is 2.37. The number of nitrogens with zero attached hydrogens (tertiary/aromatic N) is 4. The van der Waals surface area contributed by atoms with E-state index in [0.29, 0.717) is 13.1 Å². The van der Waals surface area contributed by atoms with Gasteiger partial charge in [0.05, 0.1) is 24.5 Å². The van der Waals surface area contributed by atoms with Gasteiger partial charge in [-0.15, -0.1) is 35.3 Å². The smallest absolute Gasteiger partial charge is 0.191 e. The molecular formula is C14H23IN6S. The number of rotatable bonds is 5. The standard InChI is InChI=1S/C14H22N6S.HI/c1-5-15-14(16-8-12-6-7-18-20(12)4)17-9-13-19-10(2)11(3)21-13;/h6-7H,5,8-9H2,1-4H3,(H2,15,16,17);1H. The summed E-state index contributed by atoms with van der Waals surface area (Å²) in [7, 11) is 1.92. The topological polar surface area (TPSA) is 67.1 Å². The molecule has 0 spiro atoms. The van der Waals surface area contributed by atoms with Crippen LogP contribution < -0.4 is 10.6 Å². The minimum Gasteiger partial charge on any atom is -0.357 e. The molecule has 0 radical (unpaired) electrons. The Morgan fingerprint density at radius 1 is 1.36 bits per heavy atom. The van der Waals surface area contributed by atoms with Crippen LogP contribution in [0.1, 0.15) is 28.2 Å². The zero-order valence-electron chi connectivity index (χ0n) is 13.4. The van der Waals surface area contributed by atoms with Crippen LogP contribution in [-0.2, 0) is 20.1 Å². The van der Waals surface area contributed by atoms with Crippen molar-refractivity contribution in [1.29, 1.82) is 0 Å². The van der Waals surface area contributed by atoms with Crippen molar-refractivity contribution in [3.8, 4) is 0 Å². The quantitative estimate of drug-likeness (QED) is 0.431. The van der Waals surface area contributed by atoms with Crippen LogP contribution >= 0.6 is 35.3 Å². The van der Waals surface area contributed by atoms with E-state index in [2.05, 4.69) is 39.6 Å². The van der Waals surface area contributed by atoms with Gasteiger partial charge in [-0.1, -0.05) is 0 Å². The number of guanidine groups is 1. The van der Waals surface area contributed by atoms with Crippen LogP contribution in [0.25, 0.3) is 0 Å². The number of halogens is 1. The van der Waals surface area contributed by atoms with Crippen LogP contribution in [-0.4, -0.2) is 27.3 Å². The number of thiazole rings is 1. The minimum atomic E-state index is 0. The van der Waals surface area contributed by atoms with Gasteiger partial charge >= 0.3 is 0 Å². The van der Waals surface area contributed by atoms with Gasteiger partial charge in [0.15, 0.2) is 5.96 Å². The van der Waals surface area contributed by atoms with E-state index in [4.69, 9.17) is 0 Å². The Bertz CT molecular complexity index is 599. The first-order valence-corrected chi connectivity index (χ1v) is 7.83. The highest BCUT2D eigenvalue weighted by molar-refractivity contribution is 14.0. The summed E-state index contributed by atoms with van der Waals surface area (Å²) in [4.78, 5) is 10.4. The summed E-state index contributed by atoms with van der Waals surface area (Å²) >= 11 is 1.72. The highest BCUT2D eigenvalue weighted by Crippen LogP contribution is 2.15. The third kappa shape index (κ3) is 5.24. The summed E-state index contributed by atoms with van der Waals surface area (Å²) in [6, 6.07) is 1.97. The molecule has 0 amide bonds. The van der Waals surface area contributed by atoms with Crippen molar-refractivity contribution in [3.63, 3.8) is 0 Å². The largest absolute Gasteiger partial charge is 0.357 e. The third-order valence-electron chi connectivity index (χ3n) is 3.15. The molecule has 0 aliphatic heterocycles. The molecule has 0 bridgehead atoms. The SMILES string of the molecule is CCNC(=NCc1ccnn1C)NCc1nc(C)c(C)s1.I. The highest BCUT2D eigenvalue weighted by atomic mass is 127. The molecule has 22 heavy (non-hydrogen) atoms. The molecule has 0 saturated carbocycles. The van der Waals surface area contributed by atoms with Crippen molar-refractivity contribution in [1.82, 2.24) is 25.4 Å². The molecule has 2 heterocycles. The Balaban J connectivity index is 0.00000242. The van der Waals surface area contributed by atoms with Crippen molar-refractivity contribution in [2.45, 2.75) is 33.9 Å². The van der Waals surface area contributed by atoms with Gasteiger partial charge in [-0.25, -0.2) is 9.98 Å². The minimum absolute atomic E-state index is 0. The first-order valence-electron chi connectivity index (χ1n) is 7.02. The lowest BCUT2D eigenvalue weighted by Crippen LogP contribution is -2.36. The lowest BCUT2D eigenvalue weighted by molar-refractivity contribution is 0.707. The predicted molar refractivity (Wildman–Crippen MR) is 102 cm³/mol. The number of aliphatic imine (C=N–C) groups is 1. The van der Waals surface area contributed by atoms with Crippen LogP contribution in [0.3, 0.4) is 0 Å². The van der Waals surface area contributed by atoms with Gasteiger partial charge in [0.1, 0.15) is 5.01 Å². The van der Waals surface area contributed by atoms with Gasteiger partial charge in [-0.2, -0.15) is 5.10 Å². The summed E-state index contributed by atoms with van der Waals surface area (Å²) in [5.74, 6) is 0.796. The molecule has 122 valence electrons. The Labute approximate surface area is 152 Å². The molecule has 8 heteroatoms. The van der Waals surface area contributed by atoms with Crippen LogP contribution in [0.4, 0.5) is 0 Å². The number of aryl methyl sites for hydroxylation is 3. The van der Waals surface area contributed by atoms with E-state index in [1.165, 1.54) is 4.88 Å². The summed E-state index contributed by atoms with van der Waals surface area (Å²) in [5.41, 5.74) is 2.18. The Morgan fingerprint density at radius 3 is 2.68 bits per heavy atom. The molecule has 0 aliphatic carbocycles. The molecule has 2 rings (SSSR count). The monoisotopic (exact) mass is 434 g/mol. The molecule has 0 unspecified atom stereocenters. The summed E-state index contributed by atoms with van der Waals surface area (Å²) < 4.78 is 1.83. The average Bonchev–Trinajstić information content (AvgIpc) is 3.00. The van der Waals surface area contributed by atoms with Gasteiger partial charge in [0, 0.05) is 24.7 Å². The van der Waals surface area contributed by atoms with E-state index in [1.54, 1.807) is 17.5 Å². The molecule has 0 aliphatic rings. The van der Waals surface area contributed by atoms with Crippen LogP contribution in [0.2, 0.25) is 0 Å². The van der Waals surface area contributed by atoms with Gasteiger partial charge in [0.25, 0.3) is 0 Å². The molecule has 2 N–H and O–H groups in total. The third-order valence-corrected chi connectivity index (χ3v) is 4.22. The lowest BCUT2D eigenvalue weighted by atomic mass is 10.4. The van der Waals surface area contributed by atoms with Crippen LogP contribution in [0.5, 0.6) is 0 Å². The van der Waals surface area contributed by atoms with E-state index in [9.17, 15) is 0 Å². The van der Waals surface area contributed by atoms with Gasteiger partial charge in [-0.05, 0) is 26.8 Å². The molecule has 0 fully saturated rings. The summed E-state index contributed by atoms with van der Waals surface area (Å²) in [6.07, 6.45) is 1.78. The summed E-state index contributed by atoms with van der Waals surface area (Å²) in [6.45, 7) is 8.31. The average molecular weight is 434 g/mol. The fraction of sp³-hybridized carbons (Fsp3) is 0.500. The van der Waals surface area contributed by atoms with Crippen LogP contribution in [0, 0.1) is 13.8 Å². The second-order valence-electron chi connectivity index (χ2n) is 4.74. The fourth-order valence-electron chi connectivity index (χ4n) is 1.83. The van der Waals surface area contributed by atoms with Gasteiger partial charge < -0.3 is 10.6 Å². The molecule has 6 nitrogen and oxygen atoms in total. The van der Waals surface area contributed by atoms with E-state index in [-0.39, 0.29) is 24.0 Å². The number of hydrogen-bond acceptors (Lipinski definition) is 4. The second kappa shape index (κ2) is 9.09. The Hall–Kier alpha value is -1.16. The number of hydrogen-bond donors (Lipinski definition) is 2. The molecule has 0 atom stereocenters. The van der Waals surface area contributed by atoms with Crippen LogP contribution in [0.15, 0.2) is 17.3 Å². The lowest BCUT2D eigenvalue weighted by Gasteiger charge is -2.10. The van der Waals surface area contributed by atoms with E-state index >= 15 is 0 Å². The van der Waals surface area contributed by atoms with E-state index in [1.807, 2.05) is 24.7 Å². The normalized spacial score (nSPS) is 11.2. The first-order chi connectivity index (χ1) is 10.1. The maximum Gasteiger partial charge on any atom is 0.191 e. The molecule has 2 aromatic heterocycles. The van der Waals surface area contributed by atoms with Crippen molar-refractivity contribution >= 4 is 41.3 Å². The maximum absolute atomic E-state index is 4.57. The van der Waals surface area contributed by atoms with E-state index < -0.39 is 0 Å². The summed E-state index contributed by atoms with van der Waals surface area (Å²) in [5, 5.41) is 11.8. The zero-order valence-corrected chi connectivity index (χ0v) is 16.5. The van der Waals surface area contributed by atoms with Crippen molar-refractivity contribution in [3.05, 3.63) is 33.5 Å². The Morgan fingerprint density at radius 2 is 2.14 bits per heavy atom. The zero-order chi connectivity index (χ0) is 15.2. The number of aromatic nitrogens is 3. The highest BCUT2D eigenvalue weighted by Gasteiger charge is 2.05. The number of nitrogens with one attached hydrogen (secondary N) is 2. The second-order valence-corrected chi connectivity index (χ2v) is 6.03. The molecular weight excluding hydrogens is 411 g/mol. The fourth-order valence-corrected chi connectivity index (χ4v) is 2.71.